The molecule has 0 bridgehead atoms. The Hall–Kier alpha value is -3.11. The maximum Gasteiger partial charge on any atom is 0.438 e. The molecule has 3 N–H and O–H groups in total. The topological polar surface area (TPSA) is 145 Å². The molecule has 1 aromatic carbocycles. The smallest absolute Gasteiger partial charge is 0.438 e. The fourth-order valence-electron chi connectivity index (χ4n) is 2.83. The Morgan fingerprint density at radius 2 is 1.90 bits per heavy atom. The zero-order valence-electron chi connectivity index (χ0n) is 15.9. The number of carbonyl (C=O) groups is 1. The van der Waals surface area contributed by atoms with Crippen LogP contribution < -0.4 is 16.2 Å². The molecule has 0 atom stereocenters. The van der Waals surface area contributed by atoms with Gasteiger partial charge in [-0.2, -0.15) is 5.10 Å². The summed E-state index contributed by atoms with van der Waals surface area (Å²) in [4.78, 5) is 37.8. The molecule has 0 aliphatic carbocycles. The SMILES string of the molecule is CC(C)c1cc(Cc2c(Cl)cc(N(Cc3noc(=O)[nH]3)C(=O)O)cc2Cl)n[nH]c1=O. The van der Waals surface area contributed by atoms with E-state index in [9.17, 15) is 19.5 Å². The minimum absolute atomic E-state index is 0.0101. The van der Waals surface area contributed by atoms with Gasteiger partial charge in [0.05, 0.1) is 17.9 Å². The molecule has 10 nitrogen and oxygen atoms in total. The summed E-state index contributed by atoms with van der Waals surface area (Å²) >= 11 is 12.8. The second-order valence-electron chi connectivity index (χ2n) is 6.77. The number of H-pyrrole nitrogens is 2. The van der Waals surface area contributed by atoms with Gasteiger partial charge in [-0.05, 0) is 29.7 Å². The summed E-state index contributed by atoms with van der Waals surface area (Å²) in [5, 5.41) is 19.9. The lowest BCUT2D eigenvalue weighted by Crippen LogP contribution is -2.29. The summed E-state index contributed by atoms with van der Waals surface area (Å²) in [6.45, 7) is 3.52. The molecular formula is C18H17Cl2N5O5. The fraction of sp³-hybridized carbons (Fsp3) is 0.278. The number of hydrogen-bond donors (Lipinski definition) is 3. The quantitative estimate of drug-likeness (QED) is 0.519. The standard InChI is InChI=1S/C18H17Cl2N5O5/c1-8(2)11-3-9(22-23-16(11)26)4-12-13(19)5-10(6-14(12)20)25(18(28)29)7-15-21-17(27)30-24-15/h3,5-6,8H,4,7H2,1-2H3,(H,23,26)(H,28,29)(H,21,24,27). The molecule has 2 heterocycles. The van der Waals surface area contributed by atoms with E-state index in [0.29, 0.717) is 16.8 Å². The lowest BCUT2D eigenvalue weighted by molar-refractivity contribution is 0.201. The van der Waals surface area contributed by atoms with Crippen LogP contribution in [0.1, 0.15) is 42.4 Å². The Bertz CT molecular complexity index is 1180. The number of halogens is 2. The van der Waals surface area contributed by atoms with Gasteiger partial charge in [0, 0.05) is 22.0 Å². The molecule has 0 aliphatic rings. The molecule has 158 valence electrons. The van der Waals surface area contributed by atoms with Crippen molar-refractivity contribution in [3.05, 3.63) is 71.8 Å². The van der Waals surface area contributed by atoms with E-state index >= 15 is 0 Å². The summed E-state index contributed by atoms with van der Waals surface area (Å²) < 4.78 is 4.38. The van der Waals surface area contributed by atoms with E-state index in [1.165, 1.54) is 12.1 Å². The Morgan fingerprint density at radius 3 is 2.43 bits per heavy atom. The first-order valence-electron chi connectivity index (χ1n) is 8.77. The molecule has 0 unspecified atom stereocenters. The fourth-order valence-corrected chi connectivity index (χ4v) is 3.44. The van der Waals surface area contributed by atoms with Gasteiger partial charge in [-0.3, -0.25) is 19.2 Å². The number of anilines is 1. The number of aromatic amines is 2. The van der Waals surface area contributed by atoms with Gasteiger partial charge in [0.2, 0.25) is 0 Å². The minimum atomic E-state index is -1.30. The molecule has 3 rings (SSSR count). The highest BCUT2D eigenvalue weighted by Gasteiger charge is 2.21. The van der Waals surface area contributed by atoms with Crippen molar-refractivity contribution in [1.29, 1.82) is 0 Å². The Morgan fingerprint density at radius 1 is 1.23 bits per heavy atom. The number of rotatable bonds is 6. The van der Waals surface area contributed by atoms with E-state index in [4.69, 9.17) is 23.2 Å². The van der Waals surface area contributed by atoms with Gasteiger partial charge in [0.1, 0.15) is 0 Å². The molecule has 0 spiro atoms. The summed E-state index contributed by atoms with van der Waals surface area (Å²) in [7, 11) is 0. The Labute approximate surface area is 179 Å². The van der Waals surface area contributed by atoms with Crippen LogP contribution in [0, 0.1) is 0 Å². The largest absolute Gasteiger partial charge is 0.465 e. The third-order valence-corrected chi connectivity index (χ3v) is 5.00. The molecule has 1 amide bonds. The molecule has 0 saturated carbocycles. The first kappa shape index (κ1) is 21.6. The van der Waals surface area contributed by atoms with Gasteiger partial charge in [0.15, 0.2) is 5.82 Å². The predicted octanol–water partition coefficient (Wildman–Crippen LogP) is 3.15. The van der Waals surface area contributed by atoms with Crippen molar-refractivity contribution in [2.75, 3.05) is 4.90 Å². The van der Waals surface area contributed by atoms with Crippen LogP contribution in [0.15, 0.2) is 32.3 Å². The second-order valence-corrected chi connectivity index (χ2v) is 7.59. The lowest BCUT2D eigenvalue weighted by atomic mass is 10.0. The number of hydrogen-bond acceptors (Lipinski definition) is 6. The van der Waals surface area contributed by atoms with Crippen molar-refractivity contribution in [2.24, 2.45) is 0 Å². The van der Waals surface area contributed by atoms with Crippen molar-refractivity contribution in [3.63, 3.8) is 0 Å². The van der Waals surface area contributed by atoms with Crippen molar-refractivity contribution >= 4 is 35.0 Å². The molecule has 30 heavy (non-hydrogen) atoms. The number of amides is 1. The highest BCUT2D eigenvalue weighted by atomic mass is 35.5. The zero-order chi connectivity index (χ0) is 22.0. The third kappa shape index (κ3) is 4.71. The highest BCUT2D eigenvalue weighted by Crippen LogP contribution is 2.33. The van der Waals surface area contributed by atoms with Crippen molar-refractivity contribution < 1.29 is 14.4 Å². The second kappa shape index (κ2) is 8.72. The number of aromatic nitrogens is 4. The first-order valence-corrected chi connectivity index (χ1v) is 9.53. The first-order chi connectivity index (χ1) is 14.2. The van der Waals surface area contributed by atoms with Crippen LogP contribution in [0.2, 0.25) is 10.0 Å². The maximum atomic E-state index is 11.9. The number of nitrogens with zero attached hydrogens (tertiary/aromatic N) is 3. The van der Waals surface area contributed by atoms with E-state index < -0.39 is 11.8 Å². The molecule has 2 aromatic heterocycles. The molecule has 0 saturated heterocycles. The van der Waals surface area contributed by atoms with Gasteiger partial charge in [-0.25, -0.2) is 14.7 Å². The number of benzene rings is 1. The average molecular weight is 454 g/mol. The van der Waals surface area contributed by atoms with E-state index in [0.717, 1.165) is 4.90 Å². The predicted molar refractivity (Wildman–Crippen MR) is 110 cm³/mol. The van der Waals surface area contributed by atoms with Gasteiger partial charge < -0.3 is 5.11 Å². The Balaban J connectivity index is 1.92. The molecule has 12 heteroatoms. The van der Waals surface area contributed by atoms with Crippen molar-refractivity contribution in [3.8, 4) is 0 Å². The normalized spacial score (nSPS) is 11.1. The van der Waals surface area contributed by atoms with Crippen LogP contribution in [0.4, 0.5) is 10.5 Å². The van der Waals surface area contributed by atoms with E-state index in [1.807, 2.05) is 13.8 Å². The summed E-state index contributed by atoms with van der Waals surface area (Å²) in [5.41, 5.74) is 1.59. The van der Waals surface area contributed by atoms with Gasteiger partial charge >= 0.3 is 11.8 Å². The molecule has 0 aliphatic heterocycles. The van der Waals surface area contributed by atoms with E-state index in [1.54, 1.807) is 6.07 Å². The molecule has 0 fully saturated rings. The van der Waals surface area contributed by atoms with Crippen molar-refractivity contribution in [2.45, 2.75) is 32.7 Å². The molecule has 0 radical (unpaired) electrons. The Kier molecular flexibility index (Phi) is 6.28. The van der Waals surface area contributed by atoms with Gasteiger partial charge in [-0.15, -0.1) is 0 Å². The monoisotopic (exact) mass is 453 g/mol. The number of nitrogens with one attached hydrogen (secondary N) is 2. The average Bonchev–Trinajstić information content (AvgIpc) is 3.08. The molecular weight excluding hydrogens is 437 g/mol. The van der Waals surface area contributed by atoms with E-state index in [2.05, 4.69) is 24.9 Å². The molecule has 3 aromatic rings. The summed E-state index contributed by atoms with van der Waals surface area (Å²) in [6, 6.07) is 4.56. The van der Waals surface area contributed by atoms with Crippen LogP contribution >= 0.6 is 23.2 Å². The van der Waals surface area contributed by atoms with Crippen LogP contribution in [-0.4, -0.2) is 31.5 Å². The maximum absolute atomic E-state index is 11.9. The van der Waals surface area contributed by atoms with Gasteiger partial charge in [-0.1, -0.05) is 42.2 Å². The van der Waals surface area contributed by atoms with Crippen LogP contribution in [0.5, 0.6) is 0 Å². The lowest BCUT2D eigenvalue weighted by Gasteiger charge is -2.19. The highest BCUT2D eigenvalue weighted by molar-refractivity contribution is 6.36. The van der Waals surface area contributed by atoms with Gasteiger partial charge in [0.25, 0.3) is 5.56 Å². The number of carboxylic acid groups (broad SMARTS) is 1. The summed E-state index contributed by atoms with van der Waals surface area (Å²) in [6.07, 6.45) is -1.07. The summed E-state index contributed by atoms with van der Waals surface area (Å²) in [5.74, 6) is -0.760. The van der Waals surface area contributed by atoms with Crippen LogP contribution in [0.25, 0.3) is 0 Å². The zero-order valence-corrected chi connectivity index (χ0v) is 17.4. The van der Waals surface area contributed by atoms with Crippen LogP contribution in [-0.2, 0) is 13.0 Å². The van der Waals surface area contributed by atoms with E-state index in [-0.39, 0.29) is 46.0 Å². The third-order valence-electron chi connectivity index (χ3n) is 4.33. The van der Waals surface area contributed by atoms with Crippen LogP contribution in [0.3, 0.4) is 0 Å². The minimum Gasteiger partial charge on any atom is -0.465 e. The van der Waals surface area contributed by atoms with Crippen molar-refractivity contribution in [1.82, 2.24) is 20.3 Å².